The van der Waals surface area contributed by atoms with E-state index in [1.165, 1.54) is 0 Å². The Morgan fingerprint density at radius 2 is 1.69 bits per heavy atom. The summed E-state index contributed by atoms with van der Waals surface area (Å²) in [4.78, 5) is 11.1. The summed E-state index contributed by atoms with van der Waals surface area (Å²) in [6.07, 6.45) is 1.16. The summed E-state index contributed by atoms with van der Waals surface area (Å²) in [5.74, 6) is -0.575. The number of hydrogen-bond donors (Lipinski definition) is 2. The molecule has 0 saturated carbocycles. The fourth-order valence-corrected chi connectivity index (χ4v) is 3.35. The van der Waals surface area contributed by atoms with Crippen LogP contribution in [0.5, 0.6) is 0 Å². The Hall–Kier alpha value is -0.473. The molecule has 16 heavy (non-hydrogen) atoms. The molecular weight excluding hydrogens is 228 g/mol. The van der Waals surface area contributed by atoms with Gasteiger partial charge in [0.05, 0.1) is 0 Å². The van der Waals surface area contributed by atoms with Crippen LogP contribution in [0.2, 0.25) is 6.04 Å². The molecule has 0 aromatic carbocycles. The van der Waals surface area contributed by atoms with Crippen LogP contribution in [-0.2, 0) is 18.1 Å². The Morgan fingerprint density at radius 1 is 1.19 bits per heavy atom. The zero-order valence-electron chi connectivity index (χ0n) is 10.2. The fourth-order valence-electron chi connectivity index (χ4n) is 1.54. The molecule has 0 spiro atoms. The van der Waals surface area contributed by atoms with E-state index in [0.29, 0.717) is 25.4 Å². The van der Waals surface area contributed by atoms with Gasteiger partial charge >= 0.3 is 8.80 Å². The van der Waals surface area contributed by atoms with Crippen molar-refractivity contribution < 1.29 is 18.1 Å². The predicted molar refractivity (Wildman–Crippen MR) is 62.6 cm³/mol. The van der Waals surface area contributed by atoms with E-state index in [1.807, 2.05) is 0 Å². The molecule has 0 heterocycles. The molecule has 6 nitrogen and oxygen atoms in total. The Bertz CT molecular complexity index is 203. The molecule has 7 heteroatoms. The van der Waals surface area contributed by atoms with Crippen molar-refractivity contribution in [2.75, 3.05) is 27.9 Å². The van der Waals surface area contributed by atoms with Crippen molar-refractivity contribution in [1.29, 1.82) is 0 Å². The quantitative estimate of drug-likeness (QED) is 0.548. The molecule has 0 fully saturated rings. The molecule has 1 unspecified atom stereocenters. The van der Waals surface area contributed by atoms with E-state index in [2.05, 4.69) is 0 Å². The van der Waals surface area contributed by atoms with Gasteiger partial charge in [-0.2, -0.15) is 0 Å². The summed E-state index contributed by atoms with van der Waals surface area (Å²) < 4.78 is 15.8. The Balaban J connectivity index is 4.30. The minimum atomic E-state index is -2.60. The largest absolute Gasteiger partial charge is 0.500 e. The highest BCUT2D eigenvalue weighted by Crippen LogP contribution is 2.20. The van der Waals surface area contributed by atoms with Gasteiger partial charge in [0.2, 0.25) is 5.91 Å². The second kappa shape index (κ2) is 7.74. The third kappa shape index (κ3) is 4.58. The zero-order valence-corrected chi connectivity index (χ0v) is 11.2. The van der Waals surface area contributed by atoms with Crippen LogP contribution in [0.4, 0.5) is 0 Å². The fraction of sp³-hybridized carbons (Fsp3) is 0.889. The number of carbonyl (C=O) groups is 1. The third-order valence-corrected chi connectivity index (χ3v) is 5.42. The lowest BCUT2D eigenvalue weighted by atomic mass is 10.0. The monoisotopic (exact) mass is 250 g/mol. The third-order valence-electron chi connectivity index (χ3n) is 2.65. The van der Waals surface area contributed by atoms with Crippen molar-refractivity contribution in [1.82, 2.24) is 0 Å². The molecule has 0 aromatic heterocycles. The van der Waals surface area contributed by atoms with Gasteiger partial charge in [0.1, 0.15) is 0 Å². The molecule has 1 amide bonds. The predicted octanol–water partition coefficient (Wildman–Crippen LogP) is -0.295. The second-order valence-electron chi connectivity index (χ2n) is 3.51. The van der Waals surface area contributed by atoms with Crippen LogP contribution in [0.25, 0.3) is 0 Å². The van der Waals surface area contributed by atoms with Crippen molar-refractivity contribution in [2.45, 2.75) is 18.9 Å². The van der Waals surface area contributed by atoms with Crippen LogP contribution in [0.15, 0.2) is 0 Å². The summed E-state index contributed by atoms with van der Waals surface area (Å²) in [5.41, 5.74) is 10.7. The van der Waals surface area contributed by atoms with Gasteiger partial charge in [0.15, 0.2) is 0 Å². The van der Waals surface area contributed by atoms with E-state index in [9.17, 15) is 4.79 Å². The van der Waals surface area contributed by atoms with Gasteiger partial charge in [0, 0.05) is 33.3 Å². The summed E-state index contributed by atoms with van der Waals surface area (Å²) in [6, 6.07) is 0.560. The Kier molecular flexibility index (Phi) is 7.51. The number of hydrogen-bond acceptors (Lipinski definition) is 5. The number of primary amides is 1. The Labute approximate surface area is 97.6 Å². The molecule has 4 N–H and O–H groups in total. The molecule has 0 radical (unpaired) electrons. The van der Waals surface area contributed by atoms with Crippen molar-refractivity contribution in [3.05, 3.63) is 0 Å². The molecule has 0 aliphatic carbocycles. The average Bonchev–Trinajstić information content (AvgIpc) is 2.29. The van der Waals surface area contributed by atoms with Crippen LogP contribution in [-0.4, -0.2) is 42.6 Å². The van der Waals surface area contributed by atoms with Crippen LogP contribution >= 0.6 is 0 Å². The van der Waals surface area contributed by atoms with Crippen molar-refractivity contribution >= 4 is 14.7 Å². The molecule has 0 bridgehead atoms. The second-order valence-corrected chi connectivity index (χ2v) is 6.60. The number of rotatable bonds is 9. The first-order valence-electron chi connectivity index (χ1n) is 5.20. The lowest BCUT2D eigenvalue weighted by Gasteiger charge is -2.25. The molecule has 96 valence electrons. The molecule has 0 aliphatic heterocycles. The van der Waals surface area contributed by atoms with Crippen LogP contribution in [0, 0.1) is 5.92 Å². The zero-order chi connectivity index (χ0) is 12.6. The molecule has 1 atom stereocenters. The topological polar surface area (TPSA) is 96.8 Å². The lowest BCUT2D eigenvalue weighted by molar-refractivity contribution is -0.122. The van der Waals surface area contributed by atoms with Crippen molar-refractivity contribution in [3.8, 4) is 0 Å². The van der Waals surface area contributed by atoms with E-state index in [-0.39, 0.29) is 11.8 Å². The van der Waals surface area contributed by atoms with Gasteiger partial charge < -0.3 is 24.7 Å². The molecular formula is C9H22N2O4Si. The van der Waals surface area contributed by atoms with E-state index >= 15 is 0 Å². The van der Waals surface area contributed by atoms with Gasteiger partial charge in [-0.25, -0.2) is 0 Å². The van der Waals surface area contributed by atoms with Crippen LogP contribution in [0.1, 0.15) is 12.8 Å². The summed E-state index contributed by atoms with van der Waals surface area (Å²) in [5, 5.41) is 0. The van der Waals surface area contributed by atoms with Gasteiger partial charge in [-0.1, -0.05) is 0 Å². The van der Waals surface area contributed by atoms with Gasteiger partial charge in [-0.05, 0) is 19.4 Å². The molecule has 0 saturated heterocycles. The van der Waals surface area contributed by atoms with E-state index in [1.54, 1.807) is 21.3 Å². The van der Waals surface area contributed by atoms with E-state index in [0.717, 1.165) is 0 Å². The van der Waals surface area contributed by atoms with Gasteiger partial charge in [-0.15, -0.1) is 0 Å². The first-order valence-corrected chi connectivity index (χ1v) is 7.13. The summed E-state index contributed by atoms with van der Waals surface area (Å²) in [6.45, 7) is 0.440. The summed E-state index contributed by atoms with van der Waals surface area (Å²) >= 11 is 0. The maximum Gasteiger partial charge on any atom is 0.500 e. The maximum absolute atomic E-state index is 11.1. The first kappa shape index (κ1) is 15.5. The smallest absolute Gasteiger partial charge is 0.377 e. The Morgan fingerprint density at radius 3 is 2.00 bits per heavy atom. The van der Waals surface area contributed by atoms with Gasteiger partial charge in [-0.3, -0.25) is 4.79 Å². The molecule has 0 aromatic rings. The normalized spacial score (nSPS) is 13.8. The minimum Gasteiger partial charge on any atom is -0.377 e. The van der Waals surface area contributed by atoms with Crippen LogP contribution < -0.4 is 11.5 Å². The lowest BCUT2D eigenvalue weighted by Crippen LogP contribution is -2.43. The van der Waals surface area contributed by atoms with E-state index in [4.69, 9.17) is 24.7 Å². The highest BCUT2D eigenvalue weighted by Gasteiger charge is 2.38. The summed E-state index contributed by atoms with van der Waals surface area (Å²) in [7, 11) is 2.03. The van der Waals surface area contributed by atoms with Crippen molar-refractivity contribution in [2.24, 2.45) is 17.4 Å². The number of nitrogens with two attached hydrogens (primary N) is 2. The number of amides is 1. The van der Waals surface area contributed by atoms with Crippen LogP contribution in [0.3, 0.4) is 0 Å². The number of carbonyl (C=O) groups excluding carboxylic acids is 1. The molecule has 0 aliphatic rings. The van der Waals surface area contributed by atoms with Crippen molar-refractivity contribution in [3.63, 3.8) is 0 Å². The minimum absolute atomic E-state index is 0.239. The SMILES string of the molecule is CO[Si](CCC(CCN)C(N)=O)(OC)OC. The highest BCUT2D eigenvalue weighted by molar-refractivity contribution is 6.60. The standard InChI is InChI=1S/C9H22N2O4Si/c1-13-16(14-2,15-3)7-5-8(4-6-10)9(11)12/h8H,4-7,10H2,1-3H3,(H2,11,12). The maximum atomic E-state index is 11.1. The molecule has 0 rings (SSSR count). The van der Waals surface area contributed by atoms with E-state index < -0.39 is 8.80 Å². The first-order chi connectivity index (χ1) is 7.55. The highest BCUT2D eigenvalue weighted by atomic mass is 28.4. The van der Waals surface area contributed by atoms with Gasteiger partial charge in [0.25, 0.3) is 0 Å². The average molecular weight is 250 g/mol.